The van der Waals surface area contributed by atoms with Crippen molar-refractivity contribution in [1.82, 2.24) is 5.32 Å². The Morgan fingerprint density at radius 1 is 1.09 bits per heavy atom. The number of nitrogens with one attached hydrogen (secondary N) is 2. The van der Waals surface area contributed by atoms with Crippen LogP contribution in [0, 0.1) is 18.7 Å². The van der Waals surface area contributed by atoms with Gasteiger partial charge in [0.1, 0.15) is 17.3 Å². The summed E-state index contributed by atoms with van der Waals surface area (Å²) in [6.07, 6.45) is 0.727. The maximum absolute atomic E-state index is 13.7. The number of hydrogen-bond donors (Lipinski definition) is 3. The van der Waals surface area contributed by atoms with E-state index in [2.05, 4.69) is 24.5 Å². The number of carbonyl (C=O) groups is 2. The van der Waals surface area contributed by atoms with Crippen LogP contribution in [0.4, 0.5) is 10.1 Å². The Morgan fingerprint density at radius 3 is 2.45 bits per heavy atom. The average molecular weight is 453 g/mol. The number of carboxylic acids is 1. The van der Waals surface area contributed by atoms with E-state index in [1.165, 1.54) is 12.1 Å². The topological polar surface area (TPSA) is 91.6 Å². The molecular weight excluding hydrogens is 423 g/mol. The second kappa shape index (κ2) is 10.8. The molecule has 1 aromatic heterocycles. The number of aliphatic carboxylic acids is 1. The van der Waals surface area contributed by atoms with Crippen LogP contribution in [0.5, 0.6) is 0 Å². The summed E-state index contributed by atoms with van der Waals surface area (Å²) in [5.41, 5.74) is 2.99. The third kappa shape index (κ3) is 6.68. The Labute approximate surface area is 192 Å². The molecule has 0 aliphatic carbocycles. The molecule has 1 atom stereocenters. The Hall–Kier alpha value is -3.61. The summed E-state index contributed by atoms with van der Waals surface area (Å²) in [4.78, 5) is 22.8. The largest absolute Gasteiger partial charge is 0.481 e. The molecule has 6 nitrogen and oxygen atoms in total. The van der Waals surface area contributed by atoms with E-state index in [1.54, 1.807) is 18.2 Å². The van der Waals surface area contributed by atoms with E-state index in [-0.39, 0.29) is 30.7 Å². The van der Waals surface area contributed by atoms with Gasteiger partial charge in [0.25, 0.3) is 5.91 Å². The van der Waals surface area contributed by atoms with E-state index in [1.807, 2.05) is 31.2 Å². The van der Waals surface area contributed by atoms with Gasteiger partial charge < -0.3 is 20.2 Å². The van der Waals surface area contributed by atoms with Crippen molar-refractivity contribution in [2.45, 2.75) is 39.7 Å². The predicted octanol–water partition coefficient (Wildman–Crippen LogP) is 5.80. The molecule has 1 unspecified atom stereocenters. The lowest BCUT2D eigenvalue weighted by Crippen LogP contribution is -2.25. The molecule has 0 bridgehead atoms. The van der Waals surface area contributed by atoms with Crippen molar-refractivity contribution in [2.24, 2.45) is 5.92 Å². The van der Waals surface area contributed by atoms with E-state index in [0.717, 1.165) is 23.4 Å². The van der Waals surface area contributed by atoms with Gasteiger partial charge in [-0.1, -0.05) is 26.0 Å². The summed E-state index contributed by atoms with van der Waals surface area (Å²) in [6.45, 7) is 6.26. The highest BCUT2D eigenvalue weighted by molar-refractivity contribution is 5.94. The normalized spacial score (nSPS) is 11.9. The molecule has 0 saturated carbocycles. The van der Waals surface area contributed by atoms with Gasteiger partial charge in [-0.05, 0) is 61.7 Å². The van der Waals surface area contributed by atoms with Crippen LogP contribution in [-0.2, 0) is 4.79 Å². The fraction of sp³-hybridized carbons (Fsp3) is 0.308. The molecule has 0 spiro atoms. The van der Waals surface area contributed by atoms with Gasteiger partial charge in [-0.25, -0.2) is 4.39 Å². The molecule has 0 aliphatic rings. The van der Waals surface area contributed by atoms with Crippen LogP contribution < -0.4 is 10.6 Å². The number of rotatable bonds is 10. The first-order chi connectivity index (χ1) is 15.7. The number of carboxylic acid groups (broad SMARTS) is 1. The molecule has 1 amide bonds. The number of furan rings is 1. The van der Waals surface area contributed by atoms with Crippen LogP contribution >= 0.6 is 0 Å². The zero-order valence-corrected chi connectivity index (χ0v) is 19.0. The van der Waals surface area contributed by atoms with Gasteiger partial charge in [0, 0.05) is 28.9 Å². The summed E-state index contributed by atoms with van der Waals surface area (Å²) < 4.78 is 19.6. The number of carbonyl (C=O) groups excluding carboxylic acids is 1. The standard InChI is InChI=1S/C26H29FN2O4/c1-16(2)13-23(22-15-24(33-17(22)3)19-5-4-6-20(27)14-19)29-21-9-7-18(8-10-21)26(32)28-12-11-25(30)31/h4-10,14-16,23,29H,11-13H2,1-3H3,(H,28,32)(H,30,31). The second-order valence-corrected chi connectivity index (χ2v) is 8.44. The molecule has 0 saturated heterocycles. The predicted molar refractivity (Wildman–Crippen MR) is 126 cm³/mol. The first kappa shape index (κ1) is 24.0. The lowest BCUT2D eigenvalue weighted by Gasteiger charge is -2.21. The highest BCUT2D eigenvalue weighted by Crippen LogP contribution is 2.34. The Kier molecular flexibility index (Phi) is 7.87. The summed E-state index contributed by atoms with van der Waals surface area (Å²) in [5, 5.41) is 14.8. The van der Waals surface area contributed by atoms with Crippen molar-refractivity contribution in [3.8, 4) is 11.3 Å². The third-order valence-electron chi connectivity index (χ3n) is 5.26. The smallest absolute Gasteiger partial charge is 0.305 e. The molecular formula is C26H29FN2O4. The zero-order valence-electron chi connectivity index (χ0n) is 19.0. The van der Waals surface area contributed by atoms with Crippen molar-refractivity contribution in [3.05, 3.63) is 77.3 Å². The Morgan fingerprint density at radius 2 is 1.82 bits per heavy atom. The van der Waals surface area contributed by atoms with Crippen LogP contribution in [-0.4, -0.2) is 23.5 Å². The highest BCUT2D eigenvalue weighted by atomic mass is 19.1. The summed E-state index contributed by atoms with van der Waals surface area (Å²) in [6, 6.07) is 15.3. The van der Waals surface area contributed by atoms with Gasteiger partial charge in [0.05, 0.1) is 12.5 Å². The molecule has 3 rings (SSSR count). The van der Waals surface area contributed by atoms with Crippen LogP contribution in [0.2, 0.25) is 0 Å². The van der Waals surface area contributed by atoms with Crippen molar-refractivity contribution in [1.29, 1.82) is 0 Å². The molecule has 2 aromatic carbocycles. The highest BCUT2D eigenvalue weighted by Gasteiger charge is 2.20. The monoisotopic (exact) mass is 452 g/mol. The Balaban J connectivity index is 1.76. The minimum Gasteiger partial charge on any atom is -0.481 e. The number of amides is 1. The van der Waals surface area contributed by atoms with E-state index in [4.69, 9.17) is 9.52 Å². The van der Waals surface area contributed by atoms with Gasteiger partial charge >= 0.3 is 5.97 Å². The maximum atomic E-state index is 13.7. The molecule has 0 radical (unpaired) electrons. The minimum atomic E-state index is -0.957. The van der Waals surface area contributed by atoms with Gasteiger partial charge in [-0.15, -0.1) is 0 Å². The fourth-order valence-electron chi connectivity index (χ4n) is 3.67. The van der Waals surface area contributed by atoms with Crippen LogP contribution in [0.25, 0.3) is 11.3 Å². The number of aryl methyl sites for hydroxylation is 1. The van der Waals surface area contributed by atoms with Crippen LogP contribution in [0.3, 0.4) is 0 Å². The van der Waals surface area contributed by atoms with E-state index in [0.29, 0.717) is 22.8 Å². The number of benzene rings is 2. The zero-order chi connectivity index (χ0) is 24.0. The molecule has 7 heteroatoms. The Bertz CT molecular complexity index is 1110. The number of hydrogen-bond acceptors (Lipinski definition) is 4. The van der Waals surface area contributed by atoms with E-state index >= 15 is 0 Å². The van der Waals surface area contributed by atoms with Gasteiger partial charge in [-0.2, -0.15) is 0 Å². The van der Waals surface area contributed by atoms with Gasteiger partial charge in [0.15, 0.2) is 0 Å². The van der Waals surface area contributed by atoms with Crippen LogP contribution in [0.15, 0.2) is 59.0 Å². The van der Waals surface area contributed by atoms with Crippen molar-refractivity contribution < 1.29 is 23.5 Å². The van der Waals surface area contributed by atoms with Crippen molar-refractivity contribution in [3.63, 3.8) is 0 Å². The van der Waals surface area contributed by atoms with Crippen molar-refractivity contribution in [2.75, 3.05) is 11.9 Å². The van der Waals surface area contributed by atoms with E-state index in [9.17, 15) is 14.0 Å². The summed E-state index contributed by atoms with van der Waals surface area (Å²) in [5.74, 6) is 0.210. The molecule has 1 heterocycles. The van der Waals surface area contributed by atoms with Crippen LogP contribution in [0.1, 0.15) is 54.4 Å². The SMILES string of the molecule is Cc1oc(-c2cccc(F)c2)cc1C(CC(C)C)Nc1ccc(C(=O)NCCC(=O)O)cc1. The van der Waals surface area contributed by atoms with E-state index < -0.39 is 5.97 Å². The second-order valence-electron chi connectivity index (χ2n) is 8.44. The molecule has 3 N–H and O–H groups in total. The average Bonchev–Trinajstić information content (AvgIpc) is 3.15. The number of halogens is 1. The van der Waals surface area contributed by atoms with Crippen molar-refractivity contribution >= 4 is 17.6 Å². The lowest BCUT2D eigenvalue weighted by molar-refractivity contribution is -0.136. The molecule has 0 fully saturated rings. The van der Waals surface area contributed by atoms with Gasteiger partial charge in [-0.3, -0.25) is 9.59 Å². The summed E-state index contributed by atoms with van der Waals surface area (Å²) >= 11 is 0. The molecule has 174 valence electrons. The minimum absolute atomic E-state index is 0.0358. The maximum Gasteiger partial charge on any atom is 0.305 e. The quantitative estimate of drug-likeness (QED) is 0.362. The first-order valence-corrected chi connectivity index (χ1v) is 11.0. The first-order valence-electron chi connectivity index (χ1n) is 11.0. The molecule has 33 heavy (non-hydrogen) atoms. The lowest BCUT2D eigenvalue weighted by atomic mass is 9.96. The number of anilines is 1. The third-order valence-corrected chi connectivity index (χ3v) is 5.26. The fourth-order valence-corrected chi connectivity index (χ4v) is 3.67. The molecule has 0 aliphatic heterocycles. The summed E-state index contributed by atoms with van der Waals surface area (Å²) in [7, 11) is 0. The molecule has 3 aromatic rings. The van der Waals surface area contributed by atoms with Gasteiger partial charge in [0.2, 0.25) is 0 Å².